The number of hydrogen-bond acceptors (Lipinski definition) is 5. The van der Waals surface area contributed by atoms with E-state index in [2.05, 4.69) is 5.32 Å². The molecule has 2 amide bonds. The van der Waals surface area contributed by atoms with Gasteiger partial charge in [-0.1, -0.05) is 54.6 Å². The lowest BCUT2D eigenvalue weighted by Gasteiger charge is -2.33. The molecule has 0 fully saturated rings. The average Bonchev–Trinajstić information content (AvgIpc) is 2.88. The standard InChI is InChI=1S/C28H33N3O5S/c1-21-10-8-14-24(16-21)31(37(4,34)35)20-27(32)30(19-23-13-9-15-25(17-23)36-3)26(28(33)29-2)18-22-11-6-5-7-12-22/h5-17,26H,18-20H2,1-4H3,(H,29,33). The van der Waals surface area contributed by atoms with E-state index in [1.165, 1.54) is 11.9 Å². The van der Waals surface area contributed by atoms with Gasteiger partial charge in [-0.3, -0.25) is 13.9 Å². The molecule has 1 unspecified atom stereocenters. The number of nitrogens with one attached hydrogen (secondary N) is 1. The lowest BCUT2D eigenvalue weighted by molar-refractivity contribution is -0.139. The molecule has 0 spiro atoms. The highest BCUT2D eigenvalue weighted by Gasteiger charge is 2.32. The van der Waals surface area contributed by atoms with E-state index in [1.807, 2.05) is 49.4 Å². The van der Waals surface area contributed by atoms with E-state index >= 15 is 0 Å². The number of carbonyl (C=O) groups is 2. The van der Waals surface area contributed by atoms with Gasteiger partial charge in [-0.05, 0) is 47.9 Å². The quantitative estimate of drug-likeness (QED) is 0.417. The smallest absolute Gasteiger partial charge is 0.244 e. The zero-order valence-corrected chi connectivity index (χ0v) is 22.4. The minimum absolute atomic E-state index is 0.0897. The van der Waals surface area contributed by atoms with E-state index in [1.54, 1.807) is 43.5 Å². The van der Waals surface area contributed by atoms with E-state index in [-0.39, 0.29) is 18.9 Å². The number of benzene rings is 3. The zero-order chi connectivity index (χ0) is 27.0. The molecule has 0 heterocycles. The van der Waals surface area contributed by atoms with Crippen LogP contribution >= 0.6 is 0 Å². The topological polar surface area (TPSA) is 96.0 Å². The lowest BCUT2D eigenvalue weighted by Crippen LogP contribution is -2.52. The van der Waals surface area contributed by atoms with Crippen molar-refractivity contribution in [1.29, 1.82) is 0 Å². The summed E-state index contributed by atoms with van der Waals surface area (Å²) in [7, 11) is -0.722. The van der Waals surface area contributed by atoms with Crippen molar-refractivity contribution in [1.82, 2.24) is 10.2 Å². The van der Waals surface area contributed by atoms with Crippen molar-refractivity contribution in [2.24, 2.45) is 0 Å². The number of likely N-dealkylation sites (N-methyl/N-ethyl adjacent to an activating group) is 1. The van der Waals surface area contributed by atoms with Gasteiger partial charge in [-0.25, -0.2) is 8.42 Å². The zero-order valence-electron chi connectivity index (χ0n) is 21.5. The molecule has 0 bridgehead atoms. The fourth-order valence-corrected chi connectivity index (χ4v) is 4.93. The molecule has 9 heteroatoms. The summed E-state index contributed by atoms with van der Waals surface area (Å²) in [6, 6.07) is 22.7. The number of sulfonamides is 1. The fourth-order valence-electron chi connectivity index (χ4n) is 4.08. The van der Waals surface area contributed by atoms with Gasteiger partial charge < -0.3 is 15.0 Å². The van der Waals surface area contributed by atoms with Crippen molar-refractivity contribution in [3.8, 4) is 5.75 Å². The highest BCUT2D eigenvalue weighted by molar-refractivity contribution is 7.92. The maximum atomic E-state index is 13.9. The van der Waals surface area contributed by atoms with Crippen LogP contribution in [0.4, 0.5) is 5.69 Å². The summed E-state index contributed by atoms with van der Waals surface area (Å²) < 4.78 is 31.9. The van der Waals surface area contributed by atoms with Crippen molar-refractivity contribution < 1.29 is 22.7 Å². The number of ether oxygens (including phenoxy) is 1. The summed E-state index contributed by atoms with van der Waals surface area (Å²) in [6.45, 7) is 1.49. The van der Waals surface area contributed by atoms with Gasteiger partial charge in [-0.2, -0.15) is 0 Å². The molecule has 0 aromatic heterocycles. The Kier molecular flexibility index (Phi) is 9.30. The van der Waals surface area contributed by atoms with Crippen LogP contribution in [0, 0.1) is 6.92 Å². The second kappa shape index (κ2) is 12.4. The number of amides is 2. The number of aryl methyl sites for hydroxylation is 1. The van der Waals surface area contributed by atoms with Crippen LogP contribution in [-0.2, 0) is 32.6 Å². The van der Waals surface area contributed by atoms with E-state index in [9.17, 15) is 18.0 Å². The molecule has 3 aromatic rings. The Morgan fingerprint density at radius 1 is 0.946 bits per heavy atom. The Morgan fingerprint density at radius 2 is 1.62 bits per heavy atom. The molecule has 3 rings (SSSR count). The normalized spacial score (nSPS) is 11.9. The van der Waals surface area contributed by atoms with E-state index in [0.717, 1.165) is 27.3 Å². The lowest BCUT2D eigenvalue weighted by atomic mass is 10.0. The van der Waals surface area contributed by atoms with Gasteiger partial charge in [-0.15, -0.1) is 0 Å². The molecule has 0 radical (unpaired) electrons. The Hall–Kier alpha value is -3.85. The summed E-state index contributed by atoms with van der Waals surface area (Å²) in [4.78, 5) is 28.4. The molecule has 3 aromatic carbocycles. The van der Waals surface area contributed by atoms with Gasteiger partial charge in [0.25, 0.3) is 0 Å². The highest BCUT2D eigenvalue weighted by Crippen LogP contribution is 2.22. The number of nitrogens with zero attached hydrogens (tertiary/aromatic N) is 2. The third-order valence-electron chi connectivity index (χ3n) is 5.97. The molecule has 0 saturated carbocycles. The number of rotatable bonds is 11. The first-order chi connectivity index (χ1) is 17.6. The third-order valence-corrected chi connectivity index (χ3v) is 7.11. The molecule has 8 nitrogen and oxygen atoms in total. The molecule has 0 aliphatic heterocycles. The van der Waals surface area contributed by atoms with Gasteiger partial charge >= 0.3 is 0 Å². The van der Waals surface area contributed by atoms with Crippen molar-refractivity contribution in [2.75, 3.05) is 31.3 Å². The van der Waals surface area contributed by atoms with Crippen molar-refractivity contribution in [2.45, 2.75) is 25.9 Å². The molecule has 37 heavy (non-hydrogen) atoms. The predicted molar refractivity (Wildman–Crippen MR) is 145 cm³/mol. The van der Waals surface area contributed by atoms with E-state index in [0.29, 0.717) is 11.4 Å². The Bertz CT molecular complexity index is 1330. The van der Waals surface area contributed by atoms with E-state index < -0.39 is 28.5 Å². The number of methoxy groups -OCH3 is 1. The molecule has 1 N–H and O–H groups in total. The number of hydrogen-bond donors (Lipinski definition) is 1. The van der Waals surface area contributed by atoms with Gasteiger partial charge in [0, 0.05) is 20.0 Å². The van der Waals surface area contributed by atoms with Crippen molar-refractivity contribution in [3.05, 3.63) is 95.6 Å². The molecule has 0 saturated heterocycles. The van der Waals surface area contributed by atoms with Crippen molar-refractivity contribution in [3.63, 3.8) is 0 Å². The first kappa shape index (κ1) is 27.7. The van der Waals surface area contributed by atoms with E-state index in [4.69, 9.17) is 4.74 Å². The summed E-state index contributed by atoms with van der Waals surface area (Å²) in [5, 5.41) is 2.66. The minimum atomic E-state index is -3.79. The first-order valence-corrected chi connectivity index (χ1v) is 13.7. The largest absolute Gasteiger partial charge is 0.497 e. The maximum Gasteiger partial charge on any atom is 0.244 e. The second-order valence-corrected chi connectivity index (χ2v) is 10.7. The fraction of sp³-hybridized carbons (Fsp3) is 0.286. The first-order valence-electron chi connectivity index (χ1n) is 11.8. The molecular weight excluding hydrogens is 490 g/mol. The van der Waals surface area contributed by atoms with Crippen LogP contribution in [0.2, 0.25) is 0 Å². The third kappa shape index (κ3) is 7.57. The van der Waals surface area contributed by atoms with Crippen LogP contribution in [-0.4, -0.2) is 58.1 Å². The van der Waals surface area contributed by atoms with Crippen LogP contribution in [0.15, 0.2) is 78.9 Å². The molecule has 0 aliphatic carbocycles. The monoisotopic (exact) mass is 523 g/mol. The molecular formula is C28H33N3O5S. The van der Waals surface area contributed by atoms with Crippen LogP contribution < -0.4 is 14.4 Å². The van der Waals surface area contributed by atoms with Crippen LogP contribution in [0.5, 0.6) is 5.75 Å². The Labute approximate surface area is 218 Å². The van der Waals surface area contributed by atoms with Gasteiger partial charge in [0.1, 0.15) is 18.3 Å². The molecule has 1 atom stereocenters. The molecule has 0 aliphatic rings. The van der Waals surface area contributed by atoms with Gasteiger partial charge in [0.05, 0.1) is 19.1 Å². The van der Waals surface area contributed by atoms with Gasteiger partial charge in [0.2, 0.25) is 21.8 Å². The highest BCUT2D eigenvalue weighted by atomic mass is 32.2. The Morgan fingerprint density at radius 3 is 2.24 bits per heavy atom. The van der Waals surface area contributed by atoms with Crippen LogP contribution in [0.1, 0.15) is 16.7 Å². The summed E-state index contributed by atoms with van der Waals surface area (Å²) in [5.41, 5.74) is 2.87. The SMILES string of the molecule is CNC(=O)C(Cc1ccccc1)N(Cc1cccc(OC)c1)C(=O)CN(c1cccc(C)c1)S(C)(=O)=O. The maximum absolute atomic E-state index is 13.9. The molecule has 196 valence electrons. The van der Waals surface area contributed by atoms with Crippen LogP contribution in [0.25, 0.3) is 0 Å². The summed E-state index contributed by atoms with van der Waals surface area (Å²) in [5.74, 6) is -0.234. The number of carbonyl (C=O) groups excluding carboxylic acids is 2. The minimum Gasteiger partial charge on any atom is -0.497 e. The average molecular weight is 524 g/mol. The Balaban J connectivity index is 2.03. The summed E-state index contributed by atoms with van der Waals surface area (Å²) in [6.07, 6.45) is 1.33. The predicted octanol–water partition coefficient (Wildman–Crippen LogP) is 3.16. The number of anilines is 1. The van der Waals surface area contributed by atoms with Gasteiger partial charge in [0.15, 0.2) is 0 Å². The second-order valence-electron chi connectivity index (χ2n) is 8.80. The van der Waals surface area contributed by atoms with Crippen molar-refractivity contribution >= 4 is 27.5 Å². The summed E-state index contributed by atoms with van der Waals surface area (Å²) >= 11 is 0. The van der Waals surface area contributed by atoms with Crippen LogP contribution in [0.3, 0.4) is 0 Å².